The number of ether oxygens (including phenoxy) is 2. The van der Waals surface area contributed by atoms with Gasteiger partial charge in [-0.1, -0.05) is 86.3 Å². The van der Waals surface area contributed by atoms with Crippen molar-refractivity contribution in [2.45, 2.75) is 90.9 Å². The Morgan fingerprint density at radius 3 is 1.62 bits per heavy atom. The van der Waals surface area contributed by atoms with Crippen LogP contribution in [0.3, 0.4) is 0 Å². The topological polar surface area (TPSA) is 52.6 Å². The van der Waals surface area contributed by atoms with Crippen molar-refractivity contribution in [3.8, 4) is 0 Å². The normalized spacial score (nSPS) is 10.7. The van der Waals surface area contributed by atoms with Gasteiger partial charge in [-0.05, 0) is 13.3 Å². The minimum absolute atomic E-state index is 0.112. The van der Waals surface area contributed by atoms with E-state index < -0.39 is 0 Å². The molecule has 0 unspecified atom stereocenters. The van der Waals surface area contributed by atoms with Crippen molar-refractivity contribution in [2.24, 2.45) is 0 Å². The van der Waals surface area contributed by atoms with Gasteiger partial charge in [0, 0.05) is 11.5 Å². The highest BCUT2D eigenvalue weighted by molar-refractivity contribution is 8.76. The maximum atomic E-state index is 11.6. The van der Waals surface area contributed by atoms with Gasteiger partial charge in [-0.2, -0.15) is 0 Å². The summed E-state index contributed by atoms with van der Waals surface area (Å²) in [5.74, 6) is 1.18. The second kappa shape index (κ2) is 20.9. The van der Waals surface area contributed by atoms with E-state index in [1.807, 2.05) is 0 Å². The fourth-order valence-corrected chi connectivity index (χ4v) is 4.39. The van der Waals surface area contributed by atoms with Crippen molar-refractivity contribution >= 4 is 33.5 Å². The lowest BCUT2D eigenvalue weighted by Crippen LogP contribution is -2.06. The van der Waals surface area contributed by atoms with Crippen molar-refractivity contribution < 1.29 is 19.1 Å². The molecule has 0 N–H and O–H groups in total. The summed E-state index contributed by atoms with van der Waals surface area (Å²) in [6.07, 6.45) is 13.7. The molecule has 0 aliphatic heterocycles. The van der Waals surface area contributed by atoms with Gasteiger partial charge in [-0.3, -0.25) is 9.59 Å². The second-order valence-electron chi connectivity index (χ2n) is 6.35. The molecule has 0 atom stereocenters. The molecule has 0 rings (SSSR count). The van der Waals surface area contributed by atoms with E-state index in [-0.39, 0.29) is 11.9 Å². The van der Waals surface area contributed by atoms with Gasteiger partial charge in [-0.15, -0.1) is 0 Å². The highest BCUT2D eigenvalue weighted by atomic mass is 33.1. The van der Waals surface area contributed by atoms with Crippen LogP contribution in [0.1, 0.15) is 90.9 Å². The lowest BCUT2D eigenvalue weighted by molar-refractivity contribution is -0.143. The Balaban J connectivity index is 3.21. The summed E-state index contributed by atoms with van der Waals surface area (Å²) in [7, 11) is 3.21. The van der Waals surface area contributed by atoms with Crippen molar-refractivity contribution in [2.75, 3.05) is 24.7 Å². The zero-order valence-corrected chi connectivity index (χ0v) is 18.4. The molecule has 0 aliphatic carbocycles. The maximum absolute atomic E-state index is 11.6. The SMILES string of the molecule is CCCCCCCCCCCCOC(=O)CCSSCCC(=O)OCC. The fraction of sp³-hybridized carbons (Fsp3) is 0.900. The first-order valence-electron chi connectivity index (χ1n) is 10.3. The van der Waals surface area contributed by atoms with E-state index in [1.165, 1.54) is 51.4 Å². The van der Waals surface area contributed by atoms with Crippen LogP contribution >= 0.6 is 21.6 Å². The molecular weight excluding hydrogens is 368 g/mol. The molecule has 154 valence electrons. The molecule has 4 nitrogen and oxygen atoms in total. The number of hydrogen-bond donors (Lipinski definition) is 0. The van der Waals surface area contributed by atoms with Gasteiger partial charge in [0.25, 0.3) is 0 Å². The van der Waals surface area contributed by atoms with Gasteiger partial charge >= 0.3 is 11.9 Å². The molecular formula is C20H38O4S2. The molecule has 0 aromatic heterocycles. The summed E-state index contributed by atoms with van der Waals surface area (Å²) in [5.41, 5.74) is 0. The average Bonchev–Trinajstić information content (AvgIpc) is 2.62. The minimum Gasteiger partial charge on any atom is -0.466 e. The highest BCUT2D eigenvalue weighted by Crippen LogP contribution is 2.23. The molecule has 0 aromatic rings. The lowest BCUT2D eigenvalue weighted by atomic mass is 10.1. The first-order valence-corrected chi connectivity index (χ1v) is 12.7. The van der Waals surface area contributed by atoms with Crippen molar-refractivity contribution in [1.82, 2.24) is 0 Å². The Morgan fingerprint density at radius 1 is 0.654 bits per heavy atom. The van der Waals surface area contributed by atoms with Crippen LogP contribution in [0, 0.1) is 0 Å². The van der Waals surface area contributed by atoms with Crippen molar-refractivity contribution in [1.29, 1.82) is 0 Å². The van der Waals surface area contributed by atoms with E-state index in [1.54, 1.807) is 28.5 Å². The summed E-state index contributed by atoms with van der Waals surface area (Å²) in [5, 5.41) is 0. The quantitative estimate of drug-likeness (QED) is 0.145. The predicted molar refractivity (Wildman–Crippen MR) is 114 cm³/mol. The standard InChI is InChI=1S/C20H38O4S2/c1-3-5-6-7-8-9-10-11-12-13-16-24-20(22)15-18-26-25-17-14-19(21)23-4-2/h3-18H2,1-2H3. The van der Waals surface area contributed by atoms with Gasteiger partial charge in [0.1, 0.15) is 0 Å². The fourth-order valence-electron chi connectivity index (χ4n) is 2.45. The minimum atomic E-state index is -0.156. The molecule has 26 heavy (non-hydrogen) atoms. The second-order valence-corrected chi connectivity index (χ2v) is 9.05. The largest absolute Gasteiger partial charge is 0.466 e. The van der Waals surface area contributed by atoms with Crippen LogP contribution < -0.4 is 0 Å². The smallest absolute Gasteiger partial charge is 0.306 e. The Kier molecular flexibility index (Phi) is 20.7. The Labute approximate surface area is 168 Å². The third-order valence-corrected chi connectivity index (χ3v) is 6.34. The Hall–Kier alpha value is -0.360. The molecule has 0 heterocycles. The van der Waals surface area contributed by atoms with Gasteiger partial charge in [-0.25, -0.2) is 0 Å². The van der Waals surface area contributed by atoms with E-state index in [0.29, 0.717) is 26.1 Å². The Bertz CT molecular complexity index is 338. The molecule has 0 saturated carbocycles. The number of carbonyl (C=O) groups excluding carboxylic acids is 2. The monoisotopic (exact) mass is 406 g/mol. The zero-order valence-electron chi connectivity index (χ0n) is 16.8. The summed E-state index contributed by atoms with van der Waals surface area (Å²) in [6, 6.07) is 0. The molecule has 0 amide bonds. The van der Waals surface area contributed by atoms with Crippen LogP contribution in [0.15, 0.2) is 0 Å². The molecule has 0 saturated heterocycles. The average molecular weight is 407 g/mol. The number of rotatable bonds is 19. The van der Waals surface area contributed by atoms with Gasteiger partial charge in [0.2, 0.25) is 0 Å². The zero-order chi connectivity index (χ0) is 19.3. The van der Waals surface area contributed by atoms with E-state index >= 15 is 0 Å². The van der Waals surface area contributed by atoms with Gasteiger partial charge < -0.3 is 9.47 Å². The molecule has 0 bridgehead atoms. The van der Waals surface area contributed by atoms with E-state index in [9.17, 15) is 9.59 Å². The van der Waals surface area contributed by atoms with Gasteiger partial charge in [0.15, 0.2) is 0 Å². The van der Waals surface area contributed by atoms with E-state index in [0.717, 1.165) is 24.3 Å². The third-order valence-electron chi connectivity index (χ3n) is 3.93. The van der Waals surface area contributed by atoms with Gasteiger partial charge in [0.05, 0.1) is 26.1 Å². The molecule has 0 fully saturated rings. The highest BCUT2D eigenvalue weighted by Gasteiger charge is 2.04. The molecule has 0 aliphatic rings. The van der Waals surface area contributed by atoms with Crippen LogP contribution in [0.4, 0.5) is 0 Å². The van der Waals surface area contributed by atoms with Crippen LogP contribution in [-0.4, -0.2) is 36.7 Å². The van der Waals surface area contributed by atoms with Crippen LogP contribution in [-0.2, 0) is 19.1 Å². The first-order chi connectivity index (χ1) is 12.7. The van der Waals surface area contributed by atoms with Crippen molar-refractivity contribution in [3.63, 3.8) is 0 Å². The number of esters is 2. The summed E-state index contributed by atoms with van der Waals surface area (Å²) >= 11 is 0. The summed E-state index contributed by atoms with van der Waals surface area (Å²) < 4.78 is 10.1. The number of carbonyl (C=O) groups is 2. The van der Waals surface area contributed by atoms with Crippen molar-refractivity contribution in [3.05, 3.63) is 0 Å². The van der Waals surface area contributed by atoms with E-state index in [4.69, 9.17) is 9.47 Å². The Morgan fingerprint density at radius 2 is 1.12 bits per heavy atom. The number of unbranched alkanes of at least 4 members (excludes halogenated alkanes) is 9. The predicted octanol–water partition coefficient (Wildman–Crippen LogP) is 6.18. The molecule has 6 heteroatoms. The molecule has 0 spiro atoms. The number of hydrogen-bond acceptors (Lipinski definition) is 6. The third kappa shape index (κ3) is 20.0. The first kappa shape index (κ1) is 25.6. The van der Waals surface area contributed by atoms with E-state index in [2.05, 4.69) is 6.92 Å². The van der Waals surface area contributed by atoms with Crippen LogP contribution in [0.5, 0.6) is 0 Å². The summed E-state index contributed by atoms with van der Waals surface area (Å²) in [6.45, 7) is 5.04. The molecule has 0 radical (unpaired) electrons. The lowest BCUT2D eigenvalue weighted by Gasteiger charge is -2.05. The summed E-state index contributed by atoms with van der Waals surface area (Å²) in [4.78, 5) is 22.8. The van der Waals surface area contributed by atoms with Crippen LogP contribution in [0.25, 0.3) is 0 Å². The maximum Gasteiger partial charge on any atom is 0.306 e. The van der Waals surface area contributed by atoms with Crippen LogP contribution in [0.2, 0.25) is 0 Å². The molecule has 0 aromatic carbocycles.